The van der Waals surface area contributed by atoms with Gasteiger partial charge in [-0.1, -0.05) is 11.6 Å². The van der Waals surface area contributed by atoms with E-state index in [0.717, 1.165) is 30.2 Å². The first kappa shape index (κ1) is 24.6. The summed E-state index contributed by atoms with van der Waals surface area (Å²) in [5, 5.41) is 11.9. The first-order valence-electron chi connectivity index (χ1n) is 10.0. The lowest BCUT2D eigenvalue weighted by atomic mass is 10.1. The average molecular weight is 548 g/mol. The summed E-state index contributed by atoms with van der Waals surface area (Å²) in [6.07, 6.45) is 0.881. The van der Waals surface area contributed by atoms with Crippen LogP contribution in [0.3, 0.4) is 0 Å². The van der Waals surface area contributed by atoms with Crippen LogP contribution in [-0.4, -0.2) is 41.5 Å². The topological polar surface area (TPSA) is 72.7 Å². The number of fused-ring (bicyclic) bond motifs is 1. The molecule has 1 aromatic heterocycles. The van der Waals surface area contributed by atoms with Gasteiger partial charge in [-0.2, -0.15) is 5.10 Å². The number of benzene rings is 1. The van der Waals surface area contributed by atoms with Gasteiger partial charge in [-0.3, -0.25) is 4.68 Å². The molecule has 1 aliphatic heterocycles. The molecule has 30 heavy (non-hydrogen) atoms. The van der Waals surface area contributed by atoms with Crippen molar-refractivity contribution in [1.29, 1.82) is 0 Å². The quantitative estimate of drug-likeness (QED) is 0.327. The second kappa shape index (κ2) is 11.1. The smallest absolute Gasteiger partial charge is 0.191 e. The van der Waals surface area contributed by atoms with E-state index in [-0.39, 0.29) is 30.0 Å². The van der Waals surface area contributed by atoms with Crippen molar-refractivity contribution in [1.82, 2.24) is 20.4 Å². The molecule has 166 valence electrons. The third kappa shape index (κ3) is 5.94. The van der Waals surface area contributed by atoms with Crippen molar-refractivity contribution in [3.05, 3.63) is 39.7 Å². The van der Waals surface area contributed by atoms with E-state index in [0.29, 0.717) is 36.3 Å². The van der Waals surface area contributed by atoms with Crippen LogP contribution in [0.1, 0.15) is 36.4 Å². The van der Waals surface area contributed by atoms with Gasteiger partial charge in [-0.15, -0.1) is 24.0 Å². The molecule has 2 heterocycles. The number of halogens is 2. The summed E-state index contributed by atoms with van der Waals surface area (Å²) in [4.78, 5) is 4.72. The lowest BCUT2D eigenvalue weighted by Crippen LogP contribution is -2.43. The van der Waals surface area contributed by atoms with E-state index in [9.17, 15) is 0 Å². The summed E-state index contributed by atoms with van der Waals surface area (Å²) in [6, 6.07) is 4.03. The third-order valence-corrected chi connectivity index (χ3v) is 5.25. The molecule has 2 aromatic rings. The predicted molar refractivity (Wildman–Crippen MR) is 132 cm³/mol. The van der Waals surface area contributed by atoms with Crippen molar-refractivity contribution in [3.8, 4) is 11.5 Å². The van der Waals surface area contributed by atoms with Gasteiger partial charge in [0.25, 0.3) is 0 Å². The molecular formula is C21H31ClIN5O2. The van der Waals surface area contributed by atoms with Crippen molar-refractivity contribution in [2.75, 3.05) is 19.8 Å². The van der Waals surface area contributed by atoms with Gasteiger partial charge in [0.15, 0.2) is 17.5 Å². The molecule has 0 bridgehead atoms. The third-order valence-electron chi connectivity index (χ3n) is 4.97. The molecule has 1 aromatic carbocycles. The van der Waals surface area contributed by atoms with Crippen LogP contribution in [0.15, 0.2) is 17.1 Å². The average Bonchev–Trinajstić information content (AvgIpc) is 2.92. The van der Waals surface area contributed by atoms with Gasteiger partial charge in [0.05, 0.1) is 17.3 Å². The van der Waals surface area contributed by atoms with Crippen LogP contribution in [0.2, 0.25) is 5.02 Å². The zero-order valence-corrected chi connectivity index (χ0v) is 21.3. The van der Waals surface area contributed by atoms with Crippen LogP contribution in [0.5, 0.6) is 11.5 Å². The Kier molecular flexibility index (Phi) is 9.09. The van der Waals surface area contributed by atoms with Crippen LogP contribution in [-0.2, 0) is 20.0 Å². The van der Waals surface area contributed by atoms with E-state index in [4.69, 9.17) is 26.1 Å². The number of aliphatic imine (C=N–C) groups is 1. The molecule has 1 unspecified atom stereocenters. The molecule has 1 atom stereocenters. The van der Waals surface area contributed by atoms with Gasteiger partial charge in [0, 0.05) is 25.3 Å². The zero-order valence-electron chi connectivity index (χ0n) is 18.2. The Hall–Kier alpha value is -1.68. The normalized spacial score (nSPS) is 14.1. The van der Waals surface area contributed by atoms with E-state index < -0.39 is 0 Å². The SMILES string of the molecule is CCNC(=NCc1cc(Cl)c2c(c1)OCCO2)NC(C)Cc1c(C)nn(C)c1C.I. The fourth-order valence-electron chi connectivity index (χ4n) is 3.45. The Labute approximate surface area is 200 Å². The summed E-state index contributed by atoms with van der Waals surface area (Å²) in [6.45, 7) is 10.7. The summed E-state index contributed by atoms with van der Waals surface area (Å²) >= 11 is 6.34. The molecule has 0 saturated carbocycles. The largest absolute Gasteiger partial charge is 0.486 e. The molecule has 0 amide bonds. The minimum Gasteiger partial charge on any atom is -0.486 e. The van der Waals surface area contributed by atoms with Gasteiger partial charge in [-0.05, 0) is 57.4 Å². The molecule has 0 radical (unpaired) electrons. The van der Waals surface area contributed by atoms with Gasteiger partial charge in [0.2, 0.25) is 0 Å². The minimum absolute atomic E-state index is 0. The maximum Gasteiger partial charge on any atom is 0.191 e. The Balaban J connectivity index is 0.00000320. The molecule has 0 spiro atoms. The molecule has 1 aliphatic rings. The maximum atomic E-state index is 6.34. The summed E-state index contributed by atoms with van der Waals surface area (Å²) in [5.41, 5.74) is 4.53. The van der Waals surface area contributed by atoms with E-state index in [1.807, 2.05) is 23.9 Å². The highest BCUT2D eigenvalue weighted by molar-refractivity contribution is 14.0. The van der Waals surface area contributed by atoms with E-state index in [1.165, 1.54) is 11.3 Å². The van der Waals surface area contributed by atoms with Crippen LogP contribution in [0.25, 0.3) is 0 Å². The number of hydrogen-bond acceptors (Lipinski definition) is 4. The second-order valence-electron chi connectivity index (χ2n) is 7.32. The number of aryl methyl sites for hydroxylation is 2. The highest BCUT2D eigenvalue weighted by atomic mass is 127. The van der Waals surface area contributed by atoms with E-state index >= 15 is 0 Å². The second-order valence-corrected chi connectivity index (χ2v) is 7.73. The van der Waals surface area contributed by atoms with Crippen molar-refractivity contribution >= 4 is 41.5 Å². The maximum absolute atomic E-state index is 6.34. The number of hydrogen-bond donors (Lipinski definition) is 2. The molecule has 0 saturated heterocycles. The highest BCUT2D eigenvalue weighted by Gasteiger charge is 2.17. The van der Waals surface area contributed by atoms with Gasteiger partial charge < -0.3 is 20.1 Å². The van der Waals surface area contributed by atoms with Crippen molar-refractivity contribution in [2.24, 2.45) is 12.0 Å². The van der Waals surface area contributed by atoms with Crippen molar-refractivity contribution < 1.29 is 9.47 Å². The van der Waals surface area contributed by atoms with Gasteiger partial charge in [-0.25, -0.2) is 4.99 Å². The molecule has 0 aliphatic carbocycles. The lowest BCUT2D eigenvalue weighted by molar-refractivity contribution is 0.171. The standard InChI is InChI=1S/C21H30ClN5O2.HI/c1-6-23-21(25-13(2)9-17-14(3)26-27(5)15(17)4)24-12-16-10-18(22)20-19(11-16)28-7-8-29-20;/h10-11,13H,6-9,12H2,1-5H3,(H2,23,24,25);1H. The van der Waals surface area contributed by atoms with Crippen LogP contribution < -0.4 is 20.1 Å². The van der Waals surface area contributed by atoms with E-state index in [2.05, 4.69) is 43.4 Å². The first-order chi connectivity index (χ1) is 13.9. The predicted octanol–water partition coefficient (Wildman–Crippen LogP) is 3.77. The van der Waals surface area contributed by atoms with Gasteiger partial charge in [0.1, 0.15) is 13.2 Å². The molecule has 3 rings (SSSR count). The first-order valence-corrected chi connectivity index (χ1v) is 10.4. The molecule has 9 heteroatoms. The number of nitrogens with zero attached hydrogens (tertiary/aromatic N) is 3. The number of ether oxygens (including phenoxy) is 2. The number of nitrogens with one attached hydrogen (secondary N) is 2. The van der Waals surface area contributed by atoms with Gasteiger partial charge >= 0.3 is 0 Å². The van der Waals surface area contributed by atoms with Crippen LogP contribution in [0, 0.1) is 13.8 Å². The Morgan fingerprint density at radius 2 is 2.03 bits per heavy atom. The number of aromatic nitrogens is 2. The number of rotatable bonds is 6. The van der Waals surface area contributed by atoms with Crippen LogP contribution >= 0.6 is 35.6 Å². The van der Waals surface area contributed by atoms with E-state index in [1.54, 1.807) is 0 Å². The number of guanidine groups is 1. The summed E-state index contributed by atoms with van der Waals surface area (Å²) in [7, 11) is 1.98. The van der Waals surface area contributed by atoms with Crippen molar-refractivity contribution in [2.45, 2.75) is 46.7 Å². The molecule has 2 N–H and O–H groups in total. The minimum atomic E-state index is 0. The molecule has 0 fully saturated rings. The Bertz CT molecular complexity index is 900. The molecule has 7 nitrogen and oxygen atoms in total. The monoisotopic (exact) mass is 547 g/mol. The Morgan fingerprint density at radius 3 is 2.70 bits per heavy atom. The summed E-state index contributed by atoms with van der Waals surface area (Å²) in [5.74, 6) is 2.07. The van der Waals surface area contributed by atoms with Crippen molar-refractivity contribution in [3.63, 3.8) is 0 Å². The van der Waals surface area contributed by atoms with Crippen LogP contribution in [0.4, 0.5) is 0 Å². The fraction of sp³-hybridized carbons (Fsp3) is 0.524. The lowest BCUT2D eigenvalue weighted by Gasteiger charge is -2.20. The zero-order chi connectivity index (χ0) is 21.0. The summed E-state index contributed by atoms with van der Waals surface area (Å²) < 4.78 is 13.2. The fourth-order valence-corrected chi connectivity index (χ4v) is 3.74. The highest BCUT2D eigenvalue weighted by Crippen LogP contribution is 2.38. The Morgan fingerprint density at radius 1 is 1.30 bits per heavy atom. The molecular weight excluding hydrogens is 517 g/mol.